The summed E-state index contributed by atoms with van der Waals surface area (Å²) in [5.41, 5.74) is 0. The van der Waals surface area contributed by atoms with E-state index in [1.54, 1.807) is 4.31 Å². The molecule has 114 valence electrons. The summed E-state index contributed by atoms with van der Waals surface area (Å²) < 4.78 is 26.7. The van der Waals surface area contributed by atoms with Crippen molar-refractivity contribution in [3.05, 3.63) is 0 Å². The summed E-state index contributed by atoms with van der Waals surface area (Å²) >= 11 is 0. The van der Waals surface area contributed by atoms with Crippen LogP contribution in [0.1, 0.15) is 46.5 Å². The molecule has 0 amide bonds. The third kappa shape index (κ3) is 5.40. The Balaban J connectivity index is 2.60. The lowest BCUT2D eigenvalue weighted by Crippen LogP contribution is -2.41. The van der Waals surface area contributed by atoms with Gasteiger partial charge in [0.15, 0.2) is 0 Å². The Hall–Kier alpha value is -0.130. The van der Waals surface area contributed by atoms with Crippen molar-refractivity contribution in [2.45, 2.75) is 46.5 Å². The van der Waals surface area contributed by atoms with Gasteiger partial charge in [0.1, 0.15) is 0 Å². The molecule has 0 aromatic carbocycles. The van der Waals surface area contributed by atoms with Crippen LogP contribution in [0.4, 0.5) is 0 Å². The summed E-state index contributed by atoms with van der Waals surface area (Å²) in [7, 11) is -3.09. The Morgan fingerprint density at radius 3 is 2.42 bits per heavy atom. The van der Waals surface area contributed by atoms with Crippen LogP contribution < -0.4 is 5.32 Å². The van der Waals surface area contributed by atoms with Crippen LogP contribution in [0.2, 0.25) is 0 Å². The molecule has 1 aliphatic rings. The van der Waals surface area contributed by atoms with Crippen LogP contribution in [-0.4, -0.2) is 44.7 Å². The van der Waals surface area contributed by atoms with Gasteiger partial charge in [-0.2, -0.15) is 0 Å². The first kappa shape index (κ1) is 16.9. The van der Waals surface area contributed by atoms with Crippen LogP contribution in [0.5, 0.6) is 0 Å². The maximum absolute atomic E-state index is 12.5. The van der Waals surface area contributed by atoms with Gasteiger partial charge in [-0.25, -0.2) is 12.7 Å². The molecule has 1 heterocycles. The predicted molar refractivity (Wildman–Crippen MR) is 80.7 cm³/mol. The van der Waals surface area contributed by atoms with Crippen LogP contribution in [0, 0.1) is 11.8 Å². The fraction of sp³-hybridized carbons (Fsp3) is 1.00. The molecule has 0 radical (unpaired) electrons. The highest BCUT2D eigenvalue weighted by Crippen LogP contribution is 2.18. The van der Waals surface area contributed by atoms with E-state index in [0.29, 0.717) is 24.8 Å². The molecule has 1 saturated heterocycles. The molecular formula is C14H30N2O2S. The summed E-state index contributed by atoms with van der Waals surface area (Å²) in [6, 6.07) is 0. The predicted octanol–water partition coefficient (Wildman–Crippen LogP) is 2.07. The largest absolute Gasteiger partial charge is 0.316 e. The molecular weight excluding hydrogens is 260 g/mol. The molecule has 0 aromatic heterocycles. The Morgan fingerprint density at radius 2 is 1.95 bits per heavy atom. The first-order valence-electron chi connectivity index (χ1n) is 7.71. The zero-order valence-corrected chi connectivity index (χ0v) is 13.5. The molecule has 0 aromatic rings. The van der Waals surface area contributed by atoms with Crippen molar-refractivity contribution in [1.82, 2.24) is 9.62 Å². The monoisotopic (exact) mass is 290 g/mol. The number of sulfonamides is 1. The zero-order valence-electron chi connectivity index (χ0n) is 12.7. The van der Waals surface area contributed by atoms with Gasteiger partial charge in [-0.05, 0) is 37.8 Å². The van der Waals surface area contributed by atoms with Gasteiger partial charge in [0.25, 0.3) is 0 Å². The quantitative estimate of drug-likeness (QED) is 0.744. The van der Waals surface area contributed by atoms with E-state index in [1.165, 1.54) is 0 Å². The Morgan fingerprint density at radius 1 is 1.26 bits per heavy atom. The second-order valence-corrected chi connectivity index (χ2v) is 7.64. The number of rotatable bonds is 8. The van der Waals surface area contributed by atoms with Crippen LogP contribution >= 0.6 is 0 Å². The summed E-state index contributed by atoms with van der Waals surface area (Å²) in [6.07, 6.45) is 4.23. The Bertz CT molecular complexity index is 333. The zero-order chi connectivity index (χ0) is 14.3. The third-order valence-electron chi connectivity index (χ3n) is 4.21. The molecule has 1 N–H and O–H groups in total. The van der Waals surface area contributed by atoms with Gasteiger partial charge in [0, 0.05) is 13.1 Å². The minimum absolute atomic E-state index is 0.287. The Kier molecular flexibility index (Phi) is 7.32. The minimum Gasteiger partial charge on any atom is -0.316 e. The lowest BCUT2D eigenvalue weighted by atomic mass is 10.0. The molecule has 5 heteroatoms. The number of nitrogens with zero attached hydrogens (tertiary/aromatic N) is 1. The Labute approximate surface area is 119 Å². The maximum Gasteiger partial charge on any atom is 0.214 e. The SMILES string of the molecule is CCC(CC)CN(CC)S(=O)(=O)CC1CCCNC1. The van der Waals surface area contributed by atoms with E-state index in [1.807, 2.05) is 6.92 Å². The molecule has 4 nitrogen and oxygen atoms in total. The van der Waals surface area contributed by atoms with Crippen LogP contribution in [0.25, 0.3) is 0 Å². The van der Waals surface area contributed by atoms with Crippen LogP contribution in [0.3, 0.4) is 0 Å². The average molecular weight is 290 g/mol. The van der Waals surface area contributed by atoms with E-state index < -0.39 is 10.0 Å². The normalized spacial score (nSPS) is 21.2. The van der Waals surface area contributed by atoms with Crippen molar-refractivity contribution in [2.24, 2.45) is 11.8 Å². The van der Waals surface area contributed by atoms with Crippen molar-refractivity contribution in [1.29, 1.82) is 0 Å². The van der Waals surface area contributed by atoms with Gasteiger partial charge in [-0.15, -0.1) is 0 Å². The number of hydrogen-bond donors (Lipinski definition) is 1. The van der Waals surface area contributed by atoms with Crippen molar-refractivity contribution in [3.63, 3.8) is 0 Å². The van der Waals surface area contributed by atoms with Crippen molar-refractivity contribution < 1.29 is 8.42 Å². The maximum atomic E-state index is 12.5. The molecule has 1 aliphatic heterocycles. The molecule has 0 bridgehead atoms. The van der Waals surface area contributed by atoms with Gasteiger partial charge in [-0.3, -0.25) is 0 Å². The molecule has 1 rings (SSSR count). The number of piperidine rings is 1. The van der Waals surface area contributed by atoms with Crippen molar-refractivity contribution in [3.8, 4) is 0 Å². The molecule has 0 aliphatic carbocycles. The van der Waals surface area contributed by atoms with Gasteiger partial charge in [0.05, 0.1) is 5.75 Å². The fourth-order valence-electron chi connectivity index (χ4n) is 2.74. The average Bonchev–Trinajstić information content (AvgIpc) is 2.40. The lowest BCUT2D eigenvalue weighted by molar-refractivity contribution is 0.331. The summed E-state index contributed by atoms with van der Waals surface area (Å²) in [5, 5.41) is 3.29. The lowest BCUT2D eigenvalue weighted by Gasteiger charge is -2.28. The fourth-order valence-corrected chi connectivity index (χ4v) is 4.67. The van der Waals surface area contributed by atoms with E-state index in [0.717, 1.165) is 38.8 Å². The van der Waals surface area contributed by atoms with E-state index in [-0.39, 0.29) is 5.92 Å². The van der Waals surface area contributed by atoms with E-state index in [9.17, 15) is 8.42 Å². The van der Waals surface area contributed by atoms with Gasteiger partial charge in [-0.1, -0.05) is 33.6 Å². The minimum atomic E-state index is -3.09. The van der Waals surface area contributed by atoms with E-state index in [2.05, 4.69) is 19.2 Å². The second-order valence-electron chi connectivity index (χ2n) is 5.62. The highest BCUT2D eigenvalue weighted by atomic mass is 32.2. The summed E-state index contributed by atoms with van der Waals surface area (Å²) in [4.78, 5) is 0. The van der Waals surface area contributed by atoms with E-state index in [4.69, 9.17) is 0 Å². The van der Waals surface area contributed by atoms with Crippen molar-refractivity contribution in [2.75, 3.05) is 31.9 Å². The highest BCUT2D eigenvalue weighted by molar-refractivity contribution is 7.89. The molecule has 1 fully saturated rings. The molecule has 1 atom stereocenters. The number of nitrogens with one attached hydrogen (secondary N) is 1. The van der Waals surface area contributed by atoms with Gasteiger partial charge >= 0.3 is 0 Å². The molecule has 0 saturated carbocycles. The first-order valence-corrected chi connectivity index (χ1v) is 9.32. The smallest absolute Gasteiger partial charge is 0.214 e. The molecule has 19 heavy (non-hydrogen) atoms. The number of hydrogen-bond acceptors (Lipinski definition) is 3. The van der Waals surface area contributed by atoms with Crippen LogP contribution in [0.15, 0.2) is 0 Å². The third-order valence-corrected chi connectivity index (χ3v) is 6.29. The van der Waals surface area contributed by atoms with Gasteiger partial charge in [0.2, 0.25) is 10.0 Å². The van der Waals surface area contributed by atoms with Gasteiger partial charge < -0.3 is 5.32 Å². The molecule has 1 unspecified atom stereocenters. The van der Waals surface area contributed by atoms with Crippen LogP contribution in [-0.2, 0) is 10.0 Å². The topological polar surface area (TPSA) is 49.4 Å². The molecule has 0 spiro atoms. The summed E-state index contributed by atoms with van der Waals surface area (Å²) in [5.74, 6) is 1.09. The first-order chi connectivity index (χ1) is 9.03. The van der Waals surface area contributed by atoms with E-state index >= 15 is 0 Å². The summed E-state index contributed by atoms with van der Waals surface area (Å²) in [6.45, 7) is 9.38. The standard InChI is InChI=1S/C14H30N2O2S/c1-4-13(5-2)11-16(6-3)19(17,18)12-14-8-7-9-15-10-14/h13-15H,4-12H2,1-3H3. The highest BCUT2D eigenvalue weighted by Gasteiger charge is 2.27. The second kappa shape index (κ2) is 8.22. The van der Waals surface area contributed by atoms with Crippen molar-refractivity contribution >= 4 is 10.0 Å².